The SMILES string of the molecule is CCCNC(Cc1ncccc1C)C(CC)CC. The standard InChI is InChI=1S/C16H28N2/c1-5-10-17-16(14(6-2)7-3)12-15-13(4)9-8-11-18-15/h8-9,11,14,16-17H,5-7,10,12H2,1-4H3. The smallest absolute Gasteiger partial charge is 0.0448 e. The quantitative estimate of drug-likeness (QED) is 0.758. The van der Waals surface area contributed by atoms with Gasteiger partial charge in [-0.25, -0.2) is 0 Å². The fraction of sp³-hybridized carbons (Fsp3) is 0.688. The van der Waals surface area contributed by atoms with Crippen molar-refractivity contribution in [3.05, 3.63) is 29.6 Å². The van der Waals surface area contributed by atoms with E-state index in [1.54, 1.807) is 0 Å². The maximum Gasteiger partial charge on any atom is 0.0448 e. The zero-order valence-corrected chi connectivity index (χ0v) is 12.4. The molecule has 1 unspecified atom stereocenters. The highest BCUT2D eigenvalue weighted by Crippen LogP contribution is 2.18. The molecule has 0 saturated carbocycles. The highest BCUT2D eigenvalue weighted by Gasteiger charge is 2.19. The van der Waals surface area contributed by atoms with Gasteiger partial charge in [-0.05, 0) is 37.4 Å². The van der Waals surface area contributed by atoms with Gasteiger partial charge in [0.15, 0.2) is 0 Å². The first kappa shape index (κ1) is 15.2. The molecule has 0 aliphatic heterocycles. The number of nitrogens with one attached hydrogen (secondary N) is 1. The van der Waals surface area contributed by atoms with Gasteiger partial charge in [-0.15, -0.1) is 0 Å². The maximum absolute atomic E-state index is 4.54. The number of aryl methyl sites for hydroxylation is 1. The van der Waals surface area contributed by atoms with Crippen molar-refractivity contribution in [2.75, 3.05) is 6.54 Å². The van der Waals surface area contributed by atoms with Gasteiger partial charge in [0.2, 0.25) is 0 Å². The lowest BCUT2D eigenvalue weighted by Crippen LogP contribution is -2.38. The Kier molecular flexibility index (Phi) is 6.96. The summed E-state index contributed by atoms with van der Waals surface area (Å²) in [6, 6.07) is 4.74. The van der Waals surface area contributed by atoms with Crippen LogP contribution in [0.1, 0.15) is 51.3 Å². The Labute approximate surface area is 112 Å². The first-order chi connectivity index (χ1) is 8.72. The molecular weight excluding hydrogens is 220 g/mol. The summed E-state index contributed by atoms with van der Waals surface area (Å²) in [4.78, 5) is 4.54. The first-order valence-corrected chi connectivity index (χ1v) is 7.36. The molecule has 0 amide bonds. The van der Waals surface area contributed by atoms with Gasteiger partial charge in [0, 0.05) is 24.4 Å². The topological polar surface area (TPSA) is 24.9 Å². The van der Waals surface area contributed by atoms with Crippen molar-refractivity contribution < 1.29 is 0 Å². The zero-order valence-electron chi connectivity index (χ0n) is 12.4. The van der Waals surface area contributed by atoms with E-state index >= 15 is 0 Å². The molecular formula is C16H28N2. The lowest BCUT2D eigenvalue weighted by Gasteiger charge is -2.26. The molecule has 0 spiro atoms. The average Bonchev–Trinajstić information content (AvgIpc) is 2.39. The van der Waals surface area contributed by atoms with Crippen LogP contribution in [0, 0.1) is 12.8 Å². The number of pyridine rings is 1. The lowest BCUT2D eigenvalue weighted by atomic mass is 9.90. The highest BCUT2D eigenvalue weighted by molar-refractivity contribution is 5.18. The molecule has 0 aromatic carbocycles. The summed E-state index contributed by atoms with van der Waals surface area (Å²) in [6.45, 7) is 10.1. The van der Waals surface area contributed by atoms with Gasteiger partial charge in [0.25, 0.3) is 0 Å². The monoisotopic (exact) mass is 248 g/mol. The second-order valence-corrected chi connectivity index (χ2v) is 5.11. The molecule has 2 nitrogen and oxygen atoms in total. The molecule has 1 rings (SSSR count). The van der Waals surface area contributed by atoms with Crippen molar-refractivity contribution in [3.8, 4) is 0 Å². The molecule has 18 heavy (non-hydrogen) atoms. The van der Waals surface area contributed by atoms with E-state index in [9.17, 15) is 0 Å². The lowest BCUT2D eigenvalue weighted by molar-refractivity contribution is 0.330. The Hall–Kier alpha value is -0.890. The summed E-state index contributed by atoms with van der Waals surface area (Å²) >= 11 is 0. The molecule has 1 aromatic heterocycles. The van der Waals surface area contributed by atoms with Crippen molar-refractivity contribution in [2.45, 2.75) is 59.4 Å². The third-order valence-corrected chi connectivity index (χ3v) is 3.81. The minimum absolute atomic E-state index is 0.563. The third-order valence-electron chi connectivity index (χ3n) is 3.81. The van der Waals surface area contributed by atoms with Gasteiger partial charge in [-0.3, -0.25) is 4.98 Å². The second kappa shape index (κ2) is 8.25. The van der Waals surface area contributed by atoms with E-state index in [1.165, 1.54) is 30.5 Å². The van der Waals surface area contributed by atoms with Crippen LogP contribution in [0.2, 0.25) is 0 Å². The van der Waals surface area contributed by atoms with E-state index in [1.807, 2.05) is 12.3 Å². The van der Waals surface area contributed by atoms with E-state index in [4.69, 9.17) is 0 Å². The van der Waals surface area contributed by atoms with Crippen molar-refractivity contribution >= 4 is 0 Å². The second-order valence-electron chi connectivity index (χ2n) is 5.11. The van der Waals surface area contributed by atoms with Crippen molar-refractivity contribution in [3.63, 3.8) is 0 Å². The van der Waals surface area contributed by atoms with Crippen LogP contribution < -0.4 is 5.32 Å². The van der Waals surface area contributed by atoms with Crippen molar-refractivity contribution in [1.82, 2.24) is 10.3 Å². The number of hydrogen-bond acceptors (Lipinski definition) is 2. The molecule has 0 radical (unpaired) electrons. The molecule has 2 heteroatoms. The van der Waals surface area contributed by atoms with Crippen LogP contribution in [-0.2, 0) is 6.42 Å². The van der Waals surface area contributed by atoms with Crippen LogP contribution in [0.4, 0.5) is 0 Å². The Morgan fingerprint density at radius 3 is 2.50 bits per heavy atom. The van der Waals surface area contributed by atoms with Gasteiger partial charge in [-0.2, -0.15) is 0 Å². The summed E-state index contributed by atoms with van der Waals surface area (Å²) in [5.74, 6) is 0.748. The van der Waals surface area contributed by atoms with Crippen molar-refractivity contribution in [1.29, 1.82) is 0 Å². The minimum atomic E-state index is 0.563. The molecule has 0 aliphatic rings. The van der Waals surface area contributed by atoms with E-state index in [2.05, 4.69) is 44.1 Å². The predicted octanol–water partition coefficient (Wildman–Crippen LogP) is 3.74. The number of hydrogen-bond donors (Lipinski definition) is 1. The Morgan fingerprint density at radius 1 is 1.22 bits per heavy atom. The highest BCUT2D eigenvalue weighted by atomic mass is 14.9. The molecule has 102 valence electrons. The minimum Gasteiger partial charge on any atom is -0.313 e. The van der Waals surface area contributed by atoms with Gasteiger partial charge in [0.05, 0.1) is 0 Å². The normalized spacial score (nSPS) is 12.9. The molecule has 0 bridgehead atoms. The Bertz CT molecular complexity index is 332. The van der Waals surface area contributed by atoms with Gasteiger partial charge < -0.3 is 5.32 Å². The van der Waals surface area contributed by atoms with E-state index < -0.39 is 0 Å². The fourth-order valence-corrected chi connectivity index (χ4v) is 2.53. The summed E-state index contributed by atoms with van der Waals surface area (Å²) in [7, 11) is 0. The number of rotatable bonds is 8. The summed E-state index contributed by atoms with van der Waals surface area (Å²) in [6.07, 6.45) is 6.64. The molecule has 0 aliphatic carbocycles. The van der Waals surface area contributed by atoms with E-state index in [0.29, 0.717) is 6.04 Å². The van der Waals surface area contributed by atoms with E-state index in [0.717, 1.165) is 18.9 Å². The predicted molar refractivity (Wildman–Crippen MR) is 78.8 cm³/mol. The molecule has 1 atom stereocenters. The fourth-order valence-electron chi connectivity index (χ4n) is 2.53. The zero-order chi connectivity index (χ0) is 13.4. The van der Waals surface area contributed by atoms with Crippen LogP contribution in [0.5, 0.6) is 0 Å². The summed E-state index contributed by atoms with van der Waals surface area (Å²) in [5, 5.41) is 3.71. The van der Waals surface area contributed by atoms with Crippen molar-refractivity contribution in [2.24, 2.45) is 5.92 Å². The molecule has 1 aromatic rings. The van der Waals surface area contributed by atoms with Crippen LogP contribution >= 0.6 is 0 Å². The summed E-state index contributed by atoms with van der Waals surface area (Å²) in [5.41, 5.74) is 2.56. The maximum atomic E-state index is 4.54. The number of nitrogens with zero attached hydrogens (tertiary/aromatic N) is 1. The van der Waals surface area contributed by atoms with Crippen LogP contribution in [-0.4, -0.2) is 17.6 Å². The van der Waals surface area contributed by atoms with Crippen LogP contribution in [0.25, 0.3) is 0 Å². The molecule has 1 N–H and O–H groups in total. The largest absolute Gasteiger partial charge is 0.313 e. The summed E-state index contributed by atoms with van der Waals surface area (Å²) < 4.78 is 0. The Morgan fingerprint density at radius 2 is 1.94 bits per heavy atom. The number of aromatic nitrogens is 1. The molecule has 1 heterocycles. The van der Waals surface area contributed by atoms with Crippen LogP contribution in [0.15, 0.2) is 18.3 Å². The third kappa shape index (κ3) is 4.41. The molecule has 0 saturated heterocycles. The average molecular weight is 248 g/mol. The van der Waals surface area contributed by atoms with Gasteiger partial charge in [0.1, 0.15) is 0 Å². The van der Waals surface area contributed by atoms with E-state index in [-0.39, 0.29) is 0 Å². The van der Waals surface area contributed by atoms with Gasteiger partial charge >= 0.3 is 0 Å². The van der Waals surface area contributed by atoms with Crippen LogP contribution in [0.3, 0.4) is 0 Å². The first-order valence-electron chi connectivity index (χ1n) is 7.36. The van der Waals surface area contributed by atoms with Gasteiger partial charge in [-0.1, -0.05) is 39.7 Å². The Balaban J connectivity index is 2.74. The molecule has 0 fully saturated rings.